The summed E-state index contributed by atoms with van der Waals surface area (Å²) in [7, 11) is 0. The van der Waals surface area contributed by atoms with E-state index in [0.717, 1.165) is 10.8 Å². The van der Waals surface area contributed by atoms with Gasteiger partial charge in [-0.1, -0.05) is 23.9 Å². The number of imidazole rings is 1. The van der Waals surface area contributed by atoms with Crippen LogP contribution < -0.4 is 14.8 Å². The van der Waals surface area contributed by atoms with E-state index in [-0.39, 0.29) is 11.2 Å². The smallest absolute Gasteiger partial charge is 0.237 e. The predicted octanol–water partition coefficient (Wildman–Crippen LogP) is 4.38. The second kappa shape index (κ2) is 8.21. The molecule has 0 spiro atoms. The largest absolute Gasteiger partial charge is 0.486 e. The first kappa shape index (κ1) is 19.4. The Morgan fingerprint density at radius 1 is 1.17 bits per heavy atom. The number of rotatable bonds is 5. The number of anilines is 1. The van der Waals surface area contributed by atoms with Gasteiger partial charge in [0, 0.05) is 24.1 Å². The summed E-state index contributed by atoms with van der Waals surface area (Å²) in [4.78, 5) is 17.2. The Balaban J connectivity index is 1.47. The monoisotopic (exact) mass is 409 g/mol. The second-order valence-corrected chi connectivity index (χ2v) is 8.21. The van der Waals surface area contributed by atoms with E-state index in [0.29, 0.717) is 30.4 Å². The maximum Gasteiger partial charge on any atom is 0.237 e. The molecule has 2 heterocycles. The van der Waals surface area contributed by atoms with Crippen molar-refractivity contribution in [2.24, 2.45) is 0 Å². The normalized spacial score (nSPS) is 13.8. The number of carbonyl (C=O) groups excluding carboxylic acids is 1. The molecule has 150 valence electrons. The lowest BCUT2D eigenvalue weighted by atomic mass is 10.1. The highest BCUT2D eigenvalue weighted by Gasteiger charge is 2.20. The summed E-state index contributed by atoms with van der Waals surface area (Å²) in [5.74, 6) is 1.26. The van der Waals surface area contributed by atoms with Gasteiger partial charge in [-0.15, -0.1) is 0 Å². The molecule has 1 unspecified atom stereocenters. The average Bonchev–Trinajstić information content (AvgIpc) is 3.17. The van der Waals surface area contributed by atoms with Crippen LogP contribution in [0.4, 0.5) is 5.69 Å². The molecule has 0 fully saturated rings. The van der Waals surface area contributed by atoms with Crippen molar-refractivity contribution in [3.05, 3.63) is 59.9 Å². The minimum atomic E-state index is -0.325. The van der Waals surface area contributed by atoms with Crippen LogP contribution in [0, 0.1) is 13.8 Å². The maximum absolute atomic E-state index is 12.7. The maximum atomic E-state index is 12.7. The summed E-state index contributed by atoms with van der Waals surface area (Å²) in [6.45, 7) is 7.11. The first-order valence-corrected chi connectivity index (χ1v) is 10.4. The van der Waals surface area contributed by atoms with E-state index >= 15 is 0 Å². The standard InChI is InChI=1S/C22H23N3O3S/c1-14-5-4-6-18(15(14)2)25-10-9-23-22(25)29-16(3)21(26)24-17-7-8-19-20(13-17)28-12-11-27-19/h4-10,13,16H,11-12H2,1-3H3,(H,24,26). The summed E-state index contributed by atoms with van der Waals surface area (Å²) in [6.07, 6.45) is 3.69. The molecular formula is C22H23N3O3S. The molecule has 1 N–H and O–H groups in total. The SMILES string of the molecule is Cc1cccc(-n2ccnc2SC(C)C(=O)Nc2ccc3c(c2)OCCO3)c1C. The molecule has 0 saturated carbocycles. The van der Waals surface area contributed by atoms with Crippen molar-refractivity contribution in [1.29, 1.82) is 0 Å². The fourth-order valence-electron chi connectivity index (χ4n) is 3.13. The molecular weight excluding hydrogens is 386 g/mol. The van der Waals surface area contributed by atoms with Crippen molar-refractivity contribution in [3.8, 4) is 17.2 Å². The van der Waals surface area contributed by atoms with E-state index in [2.05, 4.69) is 36.3 Å². The molecule has 0 saturated heterocycles. The summed E-state index contributed by atoms with van der Waals surface area (Å²) < 4.78 is 13.1. The molecule has 4 rings (SSSR count). The lowest BCUT2D eigenvalue weighted by molar-refractivity contribution is -0.115. The van der Waals surface area contributed by atoms with Crippen LogP contribution in [0.2, 0.25) is 0 Å². The third kappa shape index (κ3) is 4.10. The molecule has 1 aliphatic heterocycles. The van der Waals surface area contributed by atoms with E-state index in [1.54, 1.807) is 12.3 Å². The van der Waals surface area contributed by atoms with Crippen molar-refractivity contribution in [3.63, 3.8) is 0 Å². The van der Waals surface area contributed by atoms with E-state index in [1.165, 1.54) is 22.9 Å². The first-order chi connectivity index (χ1) is 14.0. The fourth-order valence-corrected chi connectivity index (χ4v) is 4.01. The van der Waals surface area contributed by atoms with Gasteiger partial charge in [-0.2, -0.15) is 0 Å². The van der Waals surface area contributed by atoms with Gasteiger partial charge < -0.3 is 14.8 Å². The Bertz CT molecular complexity index is 1050. The van der Waals surface area contributed by atoms with Crippen LogP contribution in [-0.4, -0.2) is 33.9 Å². The number of fused-ring (bicyclic) bond motifs is 1. The number of hydrogen-bond acceptors (Lipinski definition) is 5. The van der Waals surface area contributed by atoms with Crippen LogP contribution in [0.25, 0.3) is 5.69 Å². The predicted molar refractivity (Wildman–Crippen MR) is 114 cm³/mol. The Kier molecular flexibility index (Phi) is 5.49. The van der Waals surface area contributed by atoms with Gasteiger partial charge in [-0.3, -0.25) is 9.36 Å². The molecule has 3 aromatic rings. The fraction of sp³-hybridized carbons (Fsp3) is 0.273. The first-order valence-electron chi connectivity index (χ1n) is 9.50. The van der Waals surface area contributed by atoms with Gasteiger partial charge in [-0.25, -0.2) is 4.98 Å². The molecule has 0 bridgehead atoms. The summed E-state index contributed by atoms with van der Waals surface area (Å²) >= 11 is 1.43. The zero-order valence-electron chi connectivity index (χ0n) is 16.6. The topological polar surface area (TPSA) is 65.4 Å². The van der Waals surface area contributed by atoms with Crippen LogP contribution in [-0.2, 0) is 4.79 Å². The van der Waals surface area contributed by atoms with Crippen LogP contribution in [0.1, 0.15) is 18.1 Å². The number of ether oxygens (including phenoxy) is 2. The molecule has 1 atom stereocenters. The molecule has 6 nitrogen and oxygen atoms in total. The molecule has 2 aromatic carbocycles. The number of hydrogen-bond donors (Lipinski definition) is 1. The van der Waals surface area contributed by atoms with Crippen LogP contribution >= 0.6 is 11.8 Å². The van der Waals surface area contributed by atoms with Crippen LogP contribution in [0.3, 0.4) is 0 Å². The summed E-state index contributed by atoms with van der Waals surface area (Å²) in [5, 5.41) is 3.41. The van der Waals surface area contributed by atoms with Gasteiger partial charge in [0.25, 0.3) is 0 Å². The number of carbonyl (C=O) groups is 1. The number of aryl methyl sites for hydroxylation is 1. The lowest BCUT2D eigenvalue weighted by Crippen LogP contribution is -2.23. The molecule has 0 radical (unpaired) electrons. The zero-order valence-corrected chi connectivity index (χ0v) is 17.5. The van der Waals surface area contributed by atoms with Gasteiger partial charge in [-0.05, 0) is 50.1 Å². The van der Waals surface area contributed by atoms with E-state index in [4.69, 9.17) is 9.47 Å². The number of benzene rings is 2. The highest BCUT2D eigenvalue weighted by Crippen LogP contribution is 2.33. The van der Waals surface area contributed by atoms with E-state index in [1.807, 2.05) is 35.9 Å². The van der Waals surface area contributed by atoms with Gasteiger partial charge in [0.2, 0.25) is 5.91 Å². The summed E-state index contributed by atoms with van der Waals surface area (Å²) in [6, 6.07) is 11.6. The minimum absolute atomic E-state index is 0.0952. The second-order valence-electron chi connectivity index (χ2n) is 6.91. The molecule has 0 aliphatic carbocycles. The number of nitrogens with one attached hydrogen (secondary N) is 1. The van der Waals surface area contributed by atoms with E-state index in [9.17, 15) is 4.79 Å². The number of amides is 1. The molecule has 7 heteroatoms. The number of nitrogens with zero attached hydrogens (tertiary/aromatic N) is 2. The molecule has 1 aromatic heterocycles. The Morgan fingerprint density at radius 3 is 2.79 bits per heavy atom. The molecule has 29 heavy (non-hydrogen) atoms. The van der Waals surface area contributed by atoms with Crippen molar-refractivity contribution in [2.45, 2.75) is 31.2 Å². The van der Waals surface area contributed by atoms with Gasteiger partial charge in [0.1, 0.15) is 13.2 Å². The van der Waals surface area contributed by atoms with Crippen LogP contribution in [0.15, 0.2) is 53.9 Å². The van der Waals surface area contributed by atoms with Gasteiger partial charge in [0.15, 0.2) is 16.7 Å². The molecule has 1 aliphatic rings. The zero-order chi connectivity index (χ0) is 20.4. The number of thioether (sulfide) groups is 1. The minimum Gasteiger partial charge on any atom is -0.486 e. The number of aromatic nitrogens is 2. The van der Waals surface area contributed by atoms with E-state index < -0.39 is 0 Å². The summed E-state index contributed by atoms with van der Waals surface area (Å²) in [5.41, 5.74) is 4.17. The van der Waals surface area contributed by atoms with Gasteiger partial charge >= 0.3 is 0 Å². The van der Waals surface area contributed by atoms with Crippen molar-refractivity contribution < 1.29 is 14.3 Å². The molecule has 1 amide bonds. The van der Waals surface area contributed by atoms with Gasteiger partial charge in [0.05, 0.1) is 10.9 Å². The van der Waals surface area contributed by atoms with Crippen molar-refractivity contribution in [2.75, 3.05) is 18.5 Å². The lowest BCUT2D eigenvalue weighted by Gasteiger charge is -2.19. The average molecular weight is 410 g/mol. The Labute approximate surface area is 174 Å². The van der Waals surface area contributed by atoms with Crippen molar-refractivity contribution >= 4 is 23.4 Å². The quantitative estimate of drug-likeness (QED) is 0.634. The highest BCUT2D eigenvalue weighted by molar-refractivity contribution is 8.00. The van der Waals surface area contributed by atoms with Crippen LogP contribution in [0.5, 0.6) is 11.5 Å². The third-order valence-electron chi connectivity index (χ3n) is 4.90. The van der Waals surface area contributed by atoms with Crippen molar-refractivity contribution in [1.82, 2.24) is 9.55 Å². The highest BCUT2D eigenvalue weighted by atomic mass is 32.2. The Hall–Kier alpha value is -2.93. The Morgan fingerprint density at radius 2 is 1.97 bits per heavy atom. The third-order valence-corrected chi connectivity index (χ3v) is 5.98.